The van der Waals surface area contributed by atoms with Gasteiger partial charge in [-0.2, -0.15) is 0 Å². The fourth-order valence-electron chi connectivity index (χ4n) is 1.54. The molecule has 0 amide bonds. The molecule has 0 radical (unpaired) electrons. The summed E-state index contributed by atoms with van der Waals surface area (Å²) in [5.74, 6) is 0. The Balaban J connectivity index is 2.42. The zero-order chi connectivity index (χ0) is 12.6. The number of halogens is 3. The van der Waals surface area contributed by atoms with Crippen LogP contribution in [-0.4, -0.2) is 0 Å². The Labute approximate surface area is 135 Å². The monoisotopic (exact) mass is 485 g/mol. The average molecular weight is 487 g/mol. The van der Waals surface area contributed by atoms with Crippen LogP contribution in [0.15, 0.2) is 33.2 Å². The SMILES string of the molecule is Cc1sc(C(N)c2cc(Br)ccc2I)cc1Br. The highest BCUT2D eigenvalue weighted by atomic mass is 127. The molecule has 0 bridgehead atoms. The minimum atomic E-state index is -0.0607. The Morgan fingerprint density at radius 3 is 2.59 bits per heavy atom. The summed E-state index contributed by atoms with van der Waals surface area (Å²) in [5.41, 5.74) is 7.49. The molecule has 2 rings (SSSR count). The Morgan fingerprint density at radius 2 is 2.00 bits per heavy atom. The lowest BCUT2D eigenvalue weighted by atomic mass is 10.1. The van der Waals surface area contributed by atoms with Crippen LogP contribution in [0.5, 0.6) is 0 Å². The van der Waals surface area contributed by atoms with Gasteiger partial charge in [-0.05, 0) is 75.3 Å². The quantitative estimate of drug-likeness (QED) is 0.578. The molecule has 0 spiro atoms. The number of benzene rings is 1. The first-order valence-corrected chi connectivity index (χ1v) is 8.43. The maximum atomic E-state index is 6.33. The predicted octanol–water partition coefficient (Wildman–Crippen LogP) is 5.23. The second-order valence-electron chi connectivity index (χ2n) is 3.70. The van der Waals surface area contributed by atoms with Crippen molar-refractivity contribution >= 4 is 65.8 Å². The van der Waals surface area contributed by atoms with Crippen molar-refractivity contribution in [2.45, 2.75) is 13.0 Å². The predicted molar refractivity (Wildman–Crippen MR) is 89.6 cm³/mol. The van der Waals surface area contributed by atoms with E-state index in [4.69, 9.17) is 5.73 Å². The highest BCUT2D eigenvalue weighted by molar-refractivity contribution is 14.1. The van der Waals surface area contributed by atoms with E-state index >= 15 is 0 Å². The maximum absolute atomic E-state index is 6.33. The molecule has 1 nitrogen and oxygen atoms in total. The molecule has 2 aromatic rings. The molecule has 0 aliphatic heterocycles. The van der Waals surface area contributed by atoms with Gasteiger partial charge in [0, 0.05) is 22.3 Å². The number of rotatable bonds is 2. The second-order valence-corrected chi connectivity index (χ2v) is 7.92. The summed E-state index contributed by atoms with van der Waals surface area (Å²) >= 11 is 11.1. The number of aryl methyl sites for hydroxylation is 1. The fraction of sp³-hybridized carbons (Fsp3) is 0.167. The van der Waals surface area contributed by atoms with Gasteiger partial charge in [0.05, 0.1) is 6.04 Å². The van der Waals surface area contributed by atoms with E-state index in [0.717, 1.165) is 14.5 Å². The zero-order valence-electron chi connectivity index (χ0n) is 9.01. The topological polar surface area (TPSA) is 26.0 Å². The first kappa shape index (κ1) is 14.0. The normalized spacial score (nSPS) is 12.8. The van der Waals surface area contributed by atoms with Crippen LogP contribution in [-0.2, 0) is 0 Å². The molecule has 5 heteroatoms. The van der Waals surface area contributed by atoms with Crippen LogP contribution < -0.4 is 5.73 Å². The van der Waals surface area contributed by atoms with Crippen molar-refractivity contribution in [3.05, 3.63) is 52.1 Å². The Morgan fingerprint density at radius 1 is 1.29 bits per heavy atom. The summed E-state index contributed by atoms with van der Waals surface area (Å²) < 4.78 is 3.40. The second kappa shape index (κ2) is 5.69. The van der Waals surface area contributed by atoms with Crippen LogP contribution in [0.2, 0.25) is 0 Å². The molecule has 17 heavy (non-hydrogen) atoms. The van der Waals surface area contributed by atoms with Gasteiger partial charge in [-0.25, -0.2) is 0 Å². The van der Waals surface area contributed by atoms with Gasteiger partial charge in [-0.1, -0.05) is 15.9 Å². The van der Waals surface area contributed by atoms with E-state index in [0.29, 0.717) is 0 Å². The molecular formula is C12H10Br2INS. The number of hydrogen-bond donors (Lipinski definition) is 1. The van der Waals surface area contributed by atoms with E-state index in [-0.39, 0.29) is 6.04 Å². The Kier molecular flexibility index (Phi) is 4.68. The zero-order valence-corrected chi connectivity index (χ0v) is 15.2. The number of nitrogens with two attached hydrogens (primary N) is 1. The molecular weight excluding hydrogens is 477 g/mol. The highest BCUT2D eigenvalue weighted by Crippen LogP contribution is 2.34. The van der Waals surface area contributed by atoms with E-state index in [2.05, 4.69) is 79.6 Å². The standard InChI is InChI=1S/C12H10Br2INS/c1-6-9(14)5-11(17-6)12(16)8-4-7(13)2-3-10(8)15/h2-5,12H,16H2,1H3. The molecule has 0 fully saturated rings. The Hall–Kier alpha value is 0.570. The largest absolute Gasteiger partial charge is 0.320 e. The molecule has 1 heterocycles. The van der Waals surface area contributed by atoms with E-state index in [1.165, 1.54) is 13.3 Å². The van der Waals surface area contributed by atoms with Crippen LogP contribution >= 0.6 is 65.8 Å². The third kappa shape index (κ3) is 3.12. The number of thiophene rings is 1. The van der Waals surface area contributed by atoms with Gasteiger partial charge < -0.3 is 5.73 Å². The van der Waals surface area contributed by atoms with E-state index in [9.17, 15) is 0 Å². The third-order valence-corrected chi connectivity index (χ3v) is 6.17. The summed E-state index contributed by atoms with van der Waals surface area (Å²) in [5, 5.41) is 0. The van der Waals surface area contributed by atoms with Gasteiger partial charge in [0.2, 0.25) is 0 Å². The van der Waals surface area contributed by atoms with Crippen molar-refractivity contribution in [1.29, 1.82) is 0 Å². The molecule has 90 valence electrons. The average Bonchev–Trinajstić information content (AvgIpc) is 2.62. The summed E-state index contributed by atoms with van der Waals surface area (Å²) in [4.78, 5) is 2.45. The van der Waals surface area contributed by atoms with Crippen molar-refractivity contribution in [3.8, 4) is 0 Å². The first-order valence-electron chi connectivity index (χ1n) is 4.95. The molecule has 2 N–H and O–H groups in total. The van der Waals surface area contributed by atoms with Gasteiger partial charge in [0.1, 0.15) is 0 Å². The smallest absolute Gasteiger partial charge is 0.0657 e. The fourth-order valence-corrected chi connectivity index (χ4v) is 4.17. The van der Waals surface area contributed by atoms with Crippen LogP contribution in [0, 0.1) is 10.5 Å². The van der Waals surface area contributed by atoms with Gasteiger partial charge >= 0.3 is 0 Å². The van der Waals surface area contributed by atoms with Crippen LogP contribution in [0.1, 0.15) is 21.4 Å². The molecule has 1 aromatic heterocycles. The van der Waals surface area contributed by atoms with Gasteiger partial charge in [0.15, 0.2) is 0 Å². The molecule has 1 atom stereocenters. The maximum Gasteiger partial charge on any atom is 0.0657 e. The number of hydrogen-bond acceptors (Lipinski definition) is 2. The van der Waals surface area contributed by atoms with Crippen molar-refractivity contribution in [1.82, 2.24) is 0 Å². The molecule has 1 unspecified atom stereocenters. The van der Waals surface area contributed by atoms with E-state index in [1.807, 2.05) is 6.07 Å². The van der Waals surface area contributed by atoms with Gasteiger partial charge in [-0.15, -0.1) is 11.3 Å². The summed E-state index contributed by atoms with van der Waals surface area (Å²) in [6.07, 6.45) is 0. The lowest BCUT2D eigenvalue weighted by molar-refractivity contribution is 0.885. The van der Waals surface area contributed by atoms with Gasteiger partial charge in [0.25, 0.3) is 0 Å². The lowest BCUT2D eigenvalue weighted by Gasteiger charge is -2.12. The molecule has 1 aromatic carbocycles. The first-order chi connectivity index (χ1) is 7.99. The Bertz CT molecular complexity index is 534. The van der Waals surface area contributed by atoms with Crippen molar-refractivity contribution in [2.75, 3.05) is 0 Å². The summed E-state index contributed by atoms with van der Waals surface area (Å²) in [6.45, 7) is 2.09. The van der Waals surface area contributed by atoms with Crippen LogP contribution in [0.3, 0.4) is 0 Å². The van der Waals surface area contributed by atoms with E-state index in [1.54, 1.807) is 11.3 Å². The van der Waals surface area contributed by atoms with Gasteiger partial charge in [-0.3, -0.25) is 0 Å². The van der Waals surface area contributed by atoms with E-state index < -0.39 is 0 Å². The summed E-state index contributed by atoms with van der Waals surface area (Å²) in [7, 11) is 0. The van der Waals surface area contributed by atoms with Crippen molar-refractivity contribution in [3.63, 3.8) is 0 Å². The van der Waals surface area contributed by atoms with Crippen LogP contribution in [0.4, 0.5) is 0 Å². The molecule has 0 saturated carbocycles. The minimum absolute atomic E-state index is 0.0607. The summed E-state index contributed by atoms with van der Waals surface area (Å²) in [6, 6.07) is 8.26. The molecule has 0 aliphatic carbocycles. The highest BCUT2D eigenvalue weighted by Gasteiger charge is 2.15. The van der Waals surface area contributed by atoms with Crippen LogP contribution in [0.25, 0.3) is 0 Å². The van der Waals surface area contributed by atoms with Crippen molar-refractivity contribution < 1.29 is 0 Å². The lowest BCUT2D eigenvalue weighted by Crippen LogP contribution is -2.11. The molecule has 0 aliphatic rings. The molecule has 0 saturated heterocycles. The minimum Gasteiger partial charge on any atom is -0.320 e. The van der Waals surface area contributed by atoms with Crippen molar-refractivity contribution in [2.24, 2.45) is 5.73 Å². The third-order valence-electron chi connectivity index (χ3n) is 2.48.